The molecule has 176 valence electrons. The van der Waals surface area contributed by atoms with E-state index in [4.69, 9.17) is 0 Å². The van der Waals surface area contributed by atoms with E-state index >= 15 is 0 Å². The van der Waals surface area contributed by atoms with Crippen LogP contribution in [0, 0.1) is 0 Å². The standard InChI is InChI=1S/C26H54N.Mo.H2O/c1-3-5-7-9-11-13-15-17-19-21-23-25-27-26-24-22-20-18-16-14-12-10-8-6-4-2;;/h3-26H2,1-2H3;;1H2/q-1;+2;/p-1. The van der Waals surface area contributed by atoms with E-state index < -0.39 is 19.2 Å². The zero-order chi connectivity index (χ0) is 21.3. The molecule has 0 unspecified atom stereocenters. The predicted octanol–water partition coefficient (Wildman–Crippen LogP) is 8.82. The third-order valence-electron chi connectivity index (χ3n) is 6.14. The van der Waals surface area contributed by atoms with E-state index in [0.29, 0.717) is 0 Å². The van der Waals surface area contributed by atoms with Gasteiger partial charge < -0.3 is 0 Å². The number of hydrogen-bond donors (Lipinski definition) is 1. The van der Waals surface area contributed by atoms with Crippen LogP contribution in [0.2, 0.25) is 0 Å². The fourth-order valence-electron chi connectivity index (χ4n) is 4.10. The zero-order valence-electron chi connectivity index (χ0n) is 20.3. The maximum absolute atomic E-state index is 9.70. The van der Waals surface area contributed by atoms with Crippen LogP contribution in [-0.2, 0) is 19.2 Å². The molecule has 2 nitrogen and oxygen atoms in total. The molecule has 0 heterocycles. The Kier molecular flexibility index (Phi) is 27.2. The van der Waals surface area contributed by atoms with Gasteiger partial charge >= 0.3 is 168 Å². The van der Waals surface area contributed by atoms with Crippen molar-refractivity contribution in [2.75, 3.05) is 13.1 Å². The molecule has 0 amide bonds. The van der Waals surface area contributed by atoms with Gasteiger partial charge in [0.05, 0.1) is 0 Å². The molecule has 0 rings (SSSR count). The Bertz CT molecular complexity index is 262. The normalized spacial score (nSPS) is 11.6. The molecule has 1 N–H and O–H groups in total. The fraction of sp³-hybridized carbons (Fsp3) is 1.00. The average molecular weight is 494 g/mol. The number of nitrogens with zero attached hydrogens (tertiary/aromatic N) is 1. The molecule has 0 aromatic carbocycles. The first-order valence-electron chi connectivity index (χ1n) is 13.4. The molecule has 3 heteroatoms. The van der Waals surface area contributed by atoms with Crippen LogP contribution in [0.5, 0.6) is 0 Å². The number of rotatable bonds is 25. The second-order valence-electron chi connectivity index (χ2n) is 9.08. The van der Waals surface area contributed by atoms with E-state index in [1.807, 2.05) is 0 Å². The van der Waals surface area contributed by atoms with Crippen molar-refractivity contribution in [1.29, 1.82) is 0 Å². The molecule has 29 heavy (non-hydrogen) atoms. The molecular formula is C26H55MoNO. The summed E-state index contributed by atoms with van der Waals surface area (Å²) in [6, 6.07) is 0. The Morgan fingerprint density at radius 1 is 0.414 bits per heavy atom. The molecule has 0 fully saturated rings. The number of unbranched alkanes of at least 4 members (excludes halogenated alkanes) is 20. The molecule has 0 saturated carbocycles. The molecule has 0 saturated heterocycles. The van der Waals surface area contributed by atoms with Crippen LogP contribution in [0.4, 0.5) is 0 Å². The molecule has 0 aliphatic heterocycles. The van der Waals surface area contributed by atoms with E-state index in [0.717, 1.165) is 13.1 Å². The van der Waals surface area contributed by atoms with Crippen molar-refractivity contribution < 1.29 is 23.0 Å². The quantitative estimate of drug-likeness (QED) is 0.101. The van der Waals surface area contributed by atoms with E-state index in [-0.39, 0.29) is 0 Å². The van der Waals surface area contributed by atoms with Gasteiger partial charge in [0.1, 0.15) is 0 Å². The van der Waals surface area contributed by atoms with Crippen molar-refractivity contribution in [3.8, 4) is 0 Å². The summed E-state index contributed by atoms with van der Waals surface area (Å²) in [4.78, 5) is 0. The van der Waals surface area contributed by atoms with Crippen LogP contribution >= 0.6 is 0 Å². The number of hydrogen-bond acceptors (Lipinski definition) is 2. The Labute approximate surface area is 194 Å². The molecule has 0 radical (unpaired) electrons. The summed E-state index contributed by atoms with van der Waals surface area (Å²) < 4.78 is 12.1. The topological polar surface area (TPSA) is 23.5 Å². The predicted molar refractivity (Wildman–Crippen MR) is 127 cm³/mol. The van der Waals surface area contributed by atoms with Crippen molar-refractivity contribution in [3.05, 3.63) is 0 Å². The average Bonchev–Trinajstić information content (AvgIpc) is 2.74. The first-order chi connectivity index (χ1) is 14.3. The molecule has 0 atom stereocenters. The van der Waals surface area contributed by atoms with E-state index in [1.54, 1.807) is 0 Å². The second-order valence-corrected chi connectivity index (χ2v) is 10.8. The summed E-state index contributed by atoms with van der Waals surface area (Å²) in [5.74, 6) is 0. The van der Waals surface area contributed by atoms with Gasteiger partial charge in [-0.2, -0.15) is 0 Å². The summed E-state index contributed by atoms with van der Waals surface area (Å²) in [7, 11) is 0. The van der Waals surface area contributed by atoms with Gasteiger partial charge in [0.25, 0.3) is 0 Å². The first-order valence-corrected chi connectivity index (χ1v) is 15.2. The third-order valence-corrected chi connectivity index (χ3v) is 7.60. The molecule has 0 spiro atoms. The van der Waals surface area contributed by atoms with E-state index in [9.17, 15) is 3.76 Å². The summed E-state index contributed by atoms with van der Waals surface area (Å²) >= 11 is -0.878. The molecular weight excluding hydrogens is 438 g/mol. The maximum atomic E-state index is 9.70. The minimum atomic E-state index is -0.878. The van der Waals surface area contributed by atoms with Crippen LogP contribution in [0.15, 0.2) is 0 Å². The summed E-state index contributed by atoms with van der Waals surface area (Å²) in [5.41, 5.74) is 0. The van der Waals surface area contributed by atoms with Gasteiger partial charge in [0.15, 0.2) is 0 Å². The fourth-order valence-corrected chi connectivity index (χ4v) is 5.13. The van der Waals surface area contributed by atoms with E-state index in [2.05, 4.69) is 17.3 Å². The van der Waals surface area contributed by atoms with Crippen LogP contribution < -0.4 is 0 Å². The van der Waals surface area contributed by atoms with Crippen LogP contribution in [0.25, 0.3) is 0 Å². The minimum absolute atomic E-state index is 0.878. The summed E-state index contributed by atoms with van der Waals surface area (Å²) in [6.45, 7) is 6.87. The van der Waals surface area contributed by atoms with Gasteiger partial charge in [0, 0.05) is 0 Å². The van der Waals surface area contributed by atoms with Crippen molar-refractivity contribution >= 4 is 0 Å². The summed E-state index contributed by atoms with van der Waals surface area (Å²) in [6.07, 6.45) is 30.9. The molecule has 0 bridgehead atoms. The van der Waals surface area contributed by atoms with Crippen molar-refractivity contribution in [2.24, 2.45) is 0 Å². The second kappa shape index (κ2) is 26.6. The van der Waals surface area contributed by atoms with Gasteiger partial charge in [-0.3, -0.25) is 0 Å². The SMILES string of the molecule is CCCCCCCCCCCCC[N](CCCCCCCCCCCCC)[Mo][OH]. The van der Waals surface area contributed by atoms with Gasteiger partial charge in [-0.15, -0.1) is 0 Å². The Morgan fingerprint density at radius 3 is 0.897 bits per heavy atom. The molecule has 0 aliphatic rings. The van der Waals surface area contributed by atoms with Gasteiger partial charge in [-0.05, 0) is 0 Å². The Hall–Kier alpha value is 0.608. The van der Waals surface area contributed by atoms with Crippen molar-refractivity contribution in [1.82, 2.24) is 3.46 Å². The van der Waals surface area contributed by atoms with Crippen molar-refractivity contribution in [3.63, 3.8) is 0 Å². The van der Waals surface area contributed by atoms with Crippen LogP contribution in [0.3, 0.4) is 0 Å². The van der Waals surface area contributed by atoms with Crippen LogP contribution in [0.1, 0.15) is 155 Å². The summed E-state index contributed by atoms with van der Waals surface area (Å²) in [5, 5.41) is 0. The van der Waals surface area contributed by atoms with Gasteiger partial charge in [-0.1, -0.05) is 26.7 Å². The molecule has 0 aromatic rings. The van der Waals surface area contributed by atoms with E-state index in [1.165, 1.54) is 141 Å². The van der Waals surface area contributed by atoms with Crippen molar-refractivity contribution in [2.45, 2.75) is 155 Å². The molecule has 0 aromatic heterocycles. The Balaban J connectivity index is 3.27. The van der Waals surface area contributed by atoms with Crippen LogP contribution in [-0.4, -0.2) is 20.3 Å². The third kappa shape index (κ3) is 24.7. The van der Waals surface area contributed by atoms with Gasteiger partial charge in [-0.25, -0.2) is 0 Å². The van der Waals surface area contributed by atoms with Gasteiger partial charge in [0.2, 0.25) is 0 Å². The monoisotopic (exact) mass is 495 g/mol. The zero-order valence-corrected chi connectivity index (χ0v) is 22.3. The first kappa shape index (κ1) is 29.6. The Morgan fingerprint density at radius 2 is 0.655 bits per heavy atom. The molecule has 0 aliphatic carbocycles.